The van der Waals surface area contributed by atoms with E-state index in [0.29, 0.717) is 0 Å². The van der Waals surface area contributed by atoms with Crippen molar-refractivity contribution in [2.75, 3.05) is 13.2 Å². The molecule has 0 heterocycles. The van der Waals surface area contributed by atoms with Crippen LogP contribution in [0.5, 0.6) is 11.5 Å². The SMILES string of the molecule is O=C(/C=C/C(=O)OCCC(=O)Oc1c(Cl)cc(Cl)cc1Cl)OCCC(=O)Oc1c(Cl)cc(Cl)cc1Cl. The summed E-state index contributed by atoms with van der Waals surface area (Å²) >= 11 is 35.2. The van der Waals surface area contributed by atoms with Gasteiger partial charge >= 0.3 is 23.9 Å². The molecule has 2 aromatic carbocycles. The summed E-state index contributed by atoms with van der Waals surface area (Å²) in [6.07, 6.45) is 0.935. The van der Waals surface area contributed by atoms with E-state index >= 15 is 0 Å². The zero-order valence-electron chi connectivity index (χ0n) is 17.8. The Balaban J connectivity index is 1.68. The second-order valence-electron chi connectivity index (χ2n) is 6.51. The third-order valence-electron chi connectivity index (χ3n) is 3.81. The molecule has 0 aliphatic rings. The zero-order valence-corrected chi connectivity index (χ0v) is 22.4. The van der Waals surface area contributed by atoms with Crippen LogP contribution < -0.4 is 9.47 Å². The lowest BCUT2D eigenvalue weighted by atomic mass is 10.3. The normalized spacial score (nSPS) is 10.7. The maximum Gasteiger partial charge on any atom is 0.331 e. The molecule has 0 bridgehead atoms. The second kappa shape index (κ2) is 14.5. The Morgan fingerprint density at radius 2 is 0.889 bits per heavy atom. The summed E-state index contributed by atoms with van der Waals surface area (Å²) in [5.41, 5.74) is 0. The molecule has 0 saturated carbocycles. The molecule has 0 aliphatic heterocycles. The van der Waals surface area contributed by atoms with Crippen LogP contribution in [0, 0.1) is 0 Å². The molecule has 2 rings (SSSR count). The van der Waals surface area contributed by atoms with Gasteiger partial charge in [0.1, 0.15) is 13.2 Å². The number of esters is 4. The predicted octanol–water partition coefficient (Wildman–Crippen LogP) is 6.54. The van der Waals surface area contributed by atoms with E-state index < -0.39 is 23.9 Å². The lowest BCUT2D eigenvalue weighted by Gasteiger charge is -2.09. The van der Waals surface area contributed by atoms with E-state index in [1.165, 1.54) is 24.3 Å². The van der Waals surface area contributed by atoms with E-state index in [1.807, 2.05) is 0 Å². The minimum Gasteiger partial charge on any atom is -0.462 e. The molecule has 0 atom stereocenters. The summed E-state index contributed by atoms with van der Waals surface area (Å²) < 4.78 is 19.6. The van der Waals surface area contributed by atoms with Gasteiger partial charge in [0.2, 0.25) is 0 Å². The number of hydrogen-bond donors (Lipinski definition) is 0. The Bertz CT molecular complexity index is 1060. The second-order valence-corrected chi connectivity index (χ2v) is 9.02. The molecule has 0 aromatic heterocycles. The molecule has 14 heteroatoms. The molecule has 0 amide bonds. The Labute approximate surface area is 234 Å². The van der Waals surface area contributed by atoms with Gasteiger partial charge in [0, 0.05) is 22.2 Å². The van der Waals surface area contributed by atoms with E-state index in [4.69, 9.17) is 88.6 Å². The average Bonchev–Trinajstić information content (AvgIpc) is 2.77. The minimum absolute atomic E-state index is 0.0325. The monoisotopic (exact) mass is 616 g/mol. The Morgan fingerprint density at radius 3 is 1.19 bits per heavy atom. The Morgan fingerprint density at radius 1 is 0.583 bits per heavy atom. The highest BCUT2D eigenvalue weighted by Crippen LogP contribution is 2.37. The number of rotatable bonds is 10. The van der Waals surface area contributed by atoms with Crippen LogP contribution in [0.15, 0.2) is 36.4 Å². The van der Waals surface area contributed by atoms with Crippen molar-refractivity contribution >= 4 is 93.5 Å². The fraction of sp³-hybridized carbons (Fsp3) is 0.182. The van der Waals surface area contributed by atoms with Crippen molar-refractivity contribution in [3.05, 3.63) is 66.6 Å². The van der Waals surface area contributed by atoms with Crippen LogP contribution in [0.1, 0.15) is 12.8 Å². The van der Waals surface area contributed by atoms with Crippen molar-refractivity contribution in [1.82, 2.24) is 0 Å². The van der Waals surface area contributed by atoms with Gasteiger partial charge < -0.3 is 18.9 Å². The van der Waals surface area contributed by atoms with Crippen LogP contribution in [0.25, 0.3) is 0 Å². The van der Waals surface area contributed by atoms with Crippen LogP contribution in [0.3, 0.4) is 0 Å². The molecular formula is C22H14Cl6O8. The topological polar surface area (TPSA) is 105 Å². The number of hydrogen-bond acceptors (Lipinski definition) is 8. The number of ether oxygens (including phenoxy) is 4. The van der Waals surface area contributed by atoms with Crippen LogP contribution in [0.4, 0.5) is 0 Å². The quantitative estimate of drug-likeness (QED) is 0.168. The molecule has 0 N–H and O–H groups in total. The fourth-order valence-corrected chi connectivity index (χ4v) is 4.07. The first-order valence-electron chi connectivity index (χ1n) is 9.68. The lowest BCUT2D eigenvalue weighted by molar-refractivity contribution is -0.144. The molecule has 36 heavy (non-hydrogen) atoms. The van der Waals surface area contributed by atoms with Gasteiger partial charge in [-0.15, -0.1) is 0 Å². The molecule has 192 valence electrons. The van der Waals surface area contributed by atoms with E-state index in [-0.39, 0.29) is 67.7 Å². The van der Waals surface area contributed by atoms with Gasteiger partial charge in [-0.3, -0.25) is 9.59 Å². The molecule has 0 spiro atoms. The third kappa shape index (κ3) is 10.0. The highest BCUT2D eigenvalue weighted by atomic mass is 35.5. The fourth-order valence-electron chi connectivity index (χ4n) is 2.28. The highest BCUT2D eigenvalue weighted by molar-refractivity contribution is 6.41. The maximum absolute atomic E-state index is 11.9. The number of carbonyl (C=O) groups is 4. The molecule has 0 radical (unpaired) electrons. The molecule has 0 saturated heterocycles. The van der Waals surface area contributed by atoms with E-state index in [2.05, 4.69) is 0 Å². The van der Waals surface area contributed by atoms with Crippen LogP contribution >= 0.6 is 69.6 Å². The molecule has 0 unspecified atom stereocenters. The van der Waals surface area contributed by atoms with Crippen molar-refractivity contribution in [2.45, 2.75) is 12.8 Å². The van der Waals surface area contributed by atoms with Crippen LogP contribution in [0.2, 0.25) is 30.1 Å². The number of benzene rings is 2. The molecule has 0 fully saturated rings. The van der Waals surface area contributed by atoms with Crippen molar-refractivity contribution in [3.8, 4) is 11.5 Å². The van der Waals surface area contributed by atoms with Gasteiger partial charge in [-0.25, -0.2) is 9.59 Å². The highest BCUT2D eigenvalue weighted by Gasteiger charge is 2.16. The Hall–Kier alpha value is -2.20. The summed E-state index contributed by atoms with van der Waals surface area (Å²) in [4.78, 5) is 47.1. The van der Waals surface area contributed by atoms with Gasteiger partial charge in [0.25, 0.3) is 0 Å². The largest absolute Gasteiger partial charge is 0.462 e. The van der Waals surface area contributed by atoms with E-state index in [9.17, 15) is 19.2 Å². The first kappa shape index (κ1) is 30.0. The minimum atomic E-state index is -0.922. The Kier molecular flexibility index (Phi) is 12.1. The van der Waals surface area contributed by atoms with Gasteiger partial charge in [-0.1, -0.05) is 69.6 Å². The smallest absolute Gasteiger partial charge is 0.331 e. The number of carbonyl (C=O) groups excluding carboxylic acids is 4. The number of halogens is 6. The van der Waals surface area contributed by atoms with Gasteiger partial charge in [-0.05, 0) is 24.3 Å². The van der Waals surface area contributed by atoms with Crippen LogP contribution in [-0.4, -0.2) is 37.1 Å². The molecule has 0 aliphatic carbocycles. The summed E-state index contributed by atoms with van der Waals surface area (Å²) in [7, 11) is 0. The maximum atomic E-state index is 11.9. The summed E-state index contributed by atoms with van der Waals surface area (Å²) in [5, 5.41) is 0.652. The molecule has 8 nitrogen and oxygen atoms in total. The molecule has 2 aromatic rings. The van der Waals surface area contributed by atoms with Gasteiger partial charge in [0.15, 0.2) is 11.5 Å². The first-order chi connectivity index (χ1) is 17.0. The molecular weight excluding hydrogens is 605 g/mol. The van der Waals surface area contributed by atoms with Gasteiger partial charge in [0.05, 0.1) is 32.9 Å². The first-order valence-corrected chi connectivity index (χ1v) is 11.9. The predicted molar refractivity (Wildman–Crippen MR) is 135 cm³/mol. The standard InChI is InChI=1S/C22H14Cl6O8/c23-11-7-13(25)21(14(26)8-11)35-19(31)3-5-33-17(29)1-2-18(30)34-6-4-20(32)36-22-15(27)9-12(24)10-16(22)28/h1-2,7-10H,3-6H2/b2-1+. The average molecular weight is 619 g/mol. The van der Waals surface area contributed by atoms with Crippen LogP contribution in [-0.2, 0) is 28.7 Å². The van der Waals surface area contributed by atoms with Crippen molar-refractivity contribution in [3.63, 3.8) is 0 Å². The van der Waals surface area contributed by atoms with Crippen molar-refractivity contribution < 1.29 is 38.1 Å². The zero-order chi connectivity index (χ0) is 26.8. The van der Waals surface area contributed by atoms with Gasteiger partial charge in [-0.2, -0.15) is 0 Å². The van der Waals surface area contributed by atoms with E-state index in [1.54, 1.807) is 0 Å². The summed E-state index contributed by atoms with van der Waals surface area (Å²) in [6, 6.07) is 5.37. The van der Waals surface area contributed by atoms with Crippen molar-refractivity contribution in [2.24, 2.45) is 0 Å². The third-order valence-corrected chi connectivity index (χ3v) is 5.37. The lowest BCUT2D eigenvalue weighted by Crippen LogP contribution is -2.14. The van der Waals surface area contributed by atoms with E-state index in [0.717, 1.165) is 12.2 Å². The summed E-state index contributed by atoms with van der Waals surface area (Å²) in [6.45, 7) is -0.691. The van der Waals surface area contributed by atoms with Crippen molar-refractivity contribution in [1.29, 1.82) is 0 Å². The summed E-state index contributed by atoms with van der Waals surface area (Å²) in [5.74, 6) is -3.55.